The summed E-state index contributed by atoms with van der Waals surface area (Å²) in [5, 5.41) is 1.05. The lowest BCUT2D eigenvalue weighted by molar-refractivity contribution is 0.604. The summed E-state index contributed by atoms with van der Waals surface area (Å²) in [5.41, 5.74) is 6.23. The van der Waals surface area contributed by atoms with E-state index >= 15 is 0 Å². The van der Waals surface area contributed by atoms with Gasteiger partial charge in [0.15, 0.2) is 5.88 Å². The molecule has 0 bridgehead atoms. The van der Waals surface area contributed by atoms with Gasteiger partial charge in [-0.25, -0.2) is 9.97 Å². The van der Waals surface area contributed by atoms with E-state index in [1.165, 1.54) is 5.47 Å². The first kappa shape index (κ1) is 19.0. The van der Waals surface area contributed by atoms with Crippen molar-refractivity contribution in [3.8, 4) is 0 Å². The maximum atomic E-state index is 6.27. The molecule has 0 radical (unpaired) electrons. The summed E-state index contributed by atoms with van der Waals surface area (Å²) in [5.74, 6) is 1.82. The number of fused-ring (bicyclic) bond motifs is 4. The number of hydrogen-bond donors (Lipinski definition) is 0. The van der Waals surface area contributed by atoms with Crippen LogP contribution in [0.4, 0.5) is 23.1 Å². The molecule has 0 spiro atoms. The molecule has 5 heterocycles. The van der Waals surface area contributed by atoms with E-state index in [-0.39, 0.29) is 13.1 Å². The molecule has 0 saturated carbocycles. The van der Waals surface area contributed by atoms with Crippen molar-refractivity contribution in [3.05, 3.63) is 77.5 Å². The Hall–Kier alpha value is -3.74. The van der Waals surface area contributed by atoms with Crippen molar-refractivity contribution in [1.82, 2.24) is 9.97 Å². The predicted octanol–water partition coefficient (Wildman–Crippen LogP) is 5.42. The lowest BCUT2D eigenvalue weighted by Gasteiger charge is -2.39. The van der Waals surface area contributed by atoms with E-state index in [1.54, 1.807) is 0 Å². The summed E-state index contributed by atoms with van der Waals surface area (Å²) < 4.78 is 6.27. The first-order valence-electron chi connectivity index (χ1n) is 10.9. The summed E-state index contributed by atoms with van der Waals surface area (Å²) in [4.78, 5) is 16.4. The Labute approximate surface area is 187 Å². The molecule has 0 amide bonds. The Bertz CT molecular complexity index is 1370. The monoisotopic (exact) mass is 421 g/mol. The minimum atomic E-state index is -0.0264. The van der Waals surface area contributed by atoms with Gasteiger partial charge in [0.1, 0.15) is 5.82 Å². The molecule has 2 aliphatic heterocycles. The zero-order valence-electron chi connectivity index (χ0n) is 18.6. The minimum Gasteiger partial charge on any atom is -0.423 e. The van der Waals surface area contributed by atoms with E-state index in [1.807, 2.05) is 31.3 Å². The molecule has 6 nitrogen and oxygen atoms in total. The predicted molar refractivity (Wildman–Crippen MR) is 131 cm³/mol. The van der Waals surface area contributed by atoms with E-state index in [2.05, 4.69) is 82.9 Å². The SMILES string of the molecule is CC1=Cc2c(oc3nc(C)ccc23)N(C)B1N1c2ncccc2N(c2ccccc2)[C@@H]1C. The number of aromatic nitrogens is 2. The molecule has 3 aromatic heterocycles. The minimum absolute atomic E-state index is 0.0264. The second-order valence-corrected chi connectivity index (χ2v) is 8.59. The van der Waals surface area contributed by atoms with Gasteiger partial charge >= 0.3 is 6.98 Å². The molecule has 1 aromatic carbocycles. The van der Waals surface area contributed by atoms with Crippen LogP contribution in [-0.2, 0) is 0 Å². The van der Waals surface area contributed by atoms with Crippen molar-refractivity contribution in [1.29, 1.82) is 0 Å². The summed E-state index contributed by atoms with van der Waals surface area (Å²) in [6.07, 6.45) is 4.18. The normalized spacial score (nSPS) is 17.6. The number of aryl methyl sites for hydroxylation is 1. The summed E-state index contributed by atoms with van der Waals surface area (Å²) >= 11 is 0. The highest BCUT2D eigenvalue weighted by molar-refractivity contribution is 6.75. The van der Waals surface area contributed by atoms with Gasteiger partial charge in [-0.3, -0.25) is 0 Å². The van der Waals surface area contributed by atoms with Crippen molar-refractivity contribution in [3.63, 3.8) is 0 Å². The third-order valence-electron chi connectivity index (χ3n) is 6.52. The van der Waals surface area contributed by atoms with Crippen LogP contribution in [0.3, 0.4) is 0 Å². The van der Waals surface area contributed by atoms with Gasteiger partial charge < -0.3 is 18.9 Å². The number of nitrogens with zero attached hydrogens (tertiary/aromatic N) is 5. The van der Waals surface area contributed by atoms with E-state index in [0.717, 1.165) is 39.7 Å². The van der Waals surface area contributed by atoms with Crippen LogP contribution in [0.15, 0.2) is 70.7 Å². The third kappa shape index (κ3) is 2.60. The quantitative estimate of drug-likeness (QED) is 0.403. The number of hydrogen-bond acceptors (Lipinski definition) is 6. The van der Waals surface area contributed by atoms with E-state index in [0.29, 0.717) is 5.71 Å². The Morgan fingerprint density at radius 2 is 1.81 bits per heavy atom. The van der Waals surface area contributed by atoms with Gasteiger partial charge in [-0.15, -0.1) is 0 Å². The van der Waals surface area contributed by atoms with Gasteiger partial charge in [0.25, 0.3) is 0 Å². The second-order valence-electron chi connectivity index (χ2n) is 8.59. The van der Waals surface area contributed by atoms with Gasteiger partial charge in [-0.05, 0) is 64.2 Å². The molecule has 2 aliphatic rings. The highest BCUT2D eigenvalue weighted by atomic mass is 16.4. The number of rotatable bonds is 2. The van der Waals surface area contributed by atoms with Gasteiger partial charge in [0.2, 0.25) is 5.71 Å². The van der Waals surface area contributed by atoms with Crippen molar-refractivity contribution in [2.75, 3.05) is 21.6 Å². The number of allylic oxidation sites excluding steroid dienone is 1. The number of para-hydroxylation sites is 1. The lowest BCUT2D eigenvalue weighted by atomic mass is 9.61. The van der Waals surface area contributed by atoms with Crippen LogP contribution in [-0.4, -0.2) is 30.2 Å². The Morgan fingerprint density at radius 1 is 1.00 bits per heavy atom. The van der Waals surface area contributed by atoms with Gasteiger partial charge in [0, 0.05) is 28.5 Å². The molecule has 32 heavy (non-hydrogen) atoms. The molecule has 0 saturated heterocycles. The molecule has 0 unspecified atom stereocenters. The topological polar surface area (TPSA) is 48.6 Å². The van der Waals surface area contributed by atoms with Crippen molar-refractivity contribution < 1.29 is 4.42 Å². The van der Waals surface area contributed by atoms with Gasteiger partial charge in [-0.2, -0.15) is 0 Å². The second kappa shape index (κ2) is 6.89. The highest BCUT2D eigenvalue weighted by Gasteiger charge is 2.46. The fourth-order valence-corrected chi connectivity index (χ4v) is 5.15. The number of pyridine rings is 2. The number of benzene rings is 1. The largest absolute Gasteiger partial charge is 0.423 e. The number of furan rings is 1. The lowest BCUT2D eigenvalue weighted by Crippen LogP contribution is -2.58. The molecule has 0 aliphatic carbocycles. The molecule has 4 aromatic rings. The Morgan fingerprint density at radius 3 is 2.62 bits per heavy atom. The average molecular weight is 421 g/mol. The summed E-state index contributed by atoms with van der Waals surface area (Å²) in [6, 6.07) is 18.8. The van der Waals surface area contributed by atoms with Gasteiger partial charge in [0.05, 0.1) is 11.9 Å². The first-order valence-corrected chi connectivity index (χ1v) is 10.9. The zero-order valence-corrected chi connectivity index (χ0v) is 18.6. The smallest absolute Gasteiger partial charge is 0.411 e. The summed E-state index contributed by atoms with van der Waals surface area (Å²) in [6.45, 7) is 6.38. The van der Waals surface area contributed by atoms with Crippen molar-refractivity contribution >= 4 is 47.2 Å². The van der Waals surface area contributed by atoms with Gasteiger partial charge in [-0.1, -0.05) is 29.7 Å². The fourth-order valence-electron chi connectivity index (χ4n) is 5.15. The van der Waals surface area contributed by atoms with E-state index in [4.69, 9.17) is 9.40 Å². The van der Waals surface area contributed by atoms with E-state index in [9.17, 15) is 0 Å². The first-order chi connectivity index (χ1) is 15.5. The van der Waals surface area contributed by atoms with E-state index < -0.39 is 0 Å². The molecule has 0 fully saturated rings. The molecular weight excluding hydrogens is 397 g/mol. The van der Waals surface area contributed by atoms with Crippen LogP contribution in [0, 0.1) is 6.92 Å². The molecule has 7 heteroatoms. The highest BCUT2D eigenvalue weighted by Crippen LogP contribution is 2.46. The average Bonchev–Trinajstić information content (AvgIpc) is 3.29. The number of anilines is 4. The maximum absolute atomic E-state index is 6.27. The molecular formula is C25H24BN5O. The van der Waals surface area contributed by atoms with Crippen LogP contribution in [0.2, 0.25) is 0 Å². The molecule has 6 rings (SSSR count). The third-order valence-corrected chi connectivity index (χ3v) is 6.52. The van der Waals surface area contributed by atoms with Crippen molar-refractivity contribution in [2.45, 2.75) is 26.9 Å². The van der Waals surface area contributed by atoms with Crippen LogP contribution in [0.1, 0.15) is 25.1 Å². The van der Waals surface area contributed by atoms with Crippen LogP contribution in [0.5, 0.6) is 0 Å². The Balaban J connectivity index is 1.48. The molecule has 0 N–H and O–H groups in total. The summed E-state index contributed by atoms with van der Waals surface area (Å²) in [7, 11) is 2.09. The standard InChI is InChI=1S/C25H24BN5O/c1-16-15-21-20-13-12-17(2)28-24(20)32-25(21)29(4)26(16)31-18(3)30(19-9-6-5-7-10-19)22-11-8-14-27-23(22)31/h5-15,18H,1-4H3/t18-/m0/s1. The maximum Gasteiger partial charge on any atom is 0.411 e. The molecule has 1 atom stereocenters. The molecule has 158 valence electrons. The van der Waals surface area contributed by atoms with Crippen LogP contribution in [0.25, 0.3) is 17.2 Å². The zero-order chi connectivity index (χ0) is 22.0. The van der Waals surface area contributed by atoms with Crippen LogP contribution < -0.4 is 14.5 Å². The Kier molecular flexibility index (Phi) is 4.09. The van der Waals surface area contributed by atoms with Crippen molar-refractivity contribution in [2.24, 2.45) is 0 Å². The van der Waals surface area contributed by atoms with Crippen LogP contribution >= 0.6 is 0 Å². The fraction of sp³-hybridized carbons (Fsp3) is 0.200.